The van der Waals surface area contributed by atoms with Gasteiger partial charge in [-0.2, -0.15) is 21.8 Å². The predicted octanol–water partition coefficient (Wildman–Crippen LogP) is 21.1. The molecule has 0 aliphatic carbocycles. The molecule has 91 heavy (non-hydrogen) atoms. The molecule has 0 bridgehead atoms. The Morgan fingerprint density at radius 1 is 0.648 bits per heavy atom. The third kappa shape index (κ3) is 70.5. The maximum Gasteiger partial charge on any atom is 0.619 e. The minimum Gasteiger partial charge on any atom is -0.424 e. The molecule has 538 valence electrons. The van der Waals surface area contributed by atoms with Gasteiger partial charge in [0.15, 0.2) is 0 Å². The summed E-state index contributed by atoms with van der Waals surface area (Å²) in [5.41, 5.74) is -0.198. The van der Waals surface area contributed by atoms with E-state index in [1.54, 1.807) is 83.3 Å². The van der Waals surface area contributed by atoms with Crippen molar-refractivity contribution in [2.24, 2.45) is 11.3 Å². The molecular weight excluding hydrogens is 1520 g/mol. The van der Waals surface area contributed by atoms with Gasteiger partial charge in [0.2, 0.25) is 9.23 Å². The van der Waals surface area contributed by atoms with Crippen LogP contribution in [0.3, 0.4) is 0 Å². The summed E-state index contributed by atoms with van der Waals surface area (Å²) in [6.07, 6.45) is -0.908. The highest BCUT2D eigenvalue weighted by Crippen LogP contribution is 2.54. The molecule has 0 aliphatic heterocycles. The van der Waals surface area contributed by atoms with Crippen LogP contribution >= 0.6 is 107 Å². The summed E-state index contributed by atoms with van der Waals surface area (Å²) in [6, 6.07) is 11.1. The molecule has 5 atom stereocenters. The van der Waals surface area contributed by atoms with Gasteiger partial charge in [-0.25, -0.2) is 20.0 Å². The largest absolute Gasteiger partial charge is 0.619 e. The average Bonchev–Trinajstić information content (AvgIpc) is 1.82. The van der Waals surface area contributed by atoms with Gasteiger partial charge in [0.05, 0.1) is 67.4 Å². The lowest BCUT2D eigenvalue weighted by atomic mass is 9.91. The van der Waals surface area contributed by atoms with E-state index in [9.17, 15) is 55.6 Å². The smallest absolute Gasteiger partial charge is 0.424 e. The Bertz CT molecular complexity index is 2700. The first-order valence-electron chi connectivity index (χ1n) is 25.9. The summed E-state index contributed by atoms with van der Waals surface area (Å²) in [6.45, 7) is 27.8. The van der Waals surface area contributed by atoms with Crippen LogP contribution in [0.15, 0.2) is 48.5 Å². The van der Waals surface area contributed by atoms with Gasteiger partial charge in [-0.3, -0.25) is 61.3 Å². The lowest BCUT2D eigenvalue weighted by molar-refractivity contribution is -0.385. The lowest BCUT2D eigenvalue weighted by Crippen LogP contribution is -2.24. The molecule has 0 amide bonds. The van der Waals surface area contributed by atoms with Crippen molar-refractivity contribution in [3.05, 3.63) is 79.9 Å². The molecule has 0 saturated carbocycles. The van der Waals surface area contributed by atoms with Crippen LogP contribution in [0.2, 0.25) is 0 Å². The molecule has 5 unspecified atom stereocenters. The fourth-order valence-electron chi connectivity index (χ4n) is 4.43. The van der Waals surface area contributed by atoms with E-state index in [-0.39, 0.29) is 47.2 Å². The molecule has 0 aliphatic rings. The van der Waals surface area contributed by atoms with Crippen LogP contribution < -0.4 is 9.05 Å². The van der Waals surface area contributed by atoms with Crippen LogP contribution in [-0.4, -0.2) is 123 Å². The number of nitro benzene ring substituents is 2. The molecule has 45 heteroatoms. The number of non-ortho nitro benzene ring substituents is 2. The number of carbonyl (C=O) groups is 1. The Morgan fingerprint density at radius 2 is 0.945 bits per heavy atom. The highest BCUT2D eigenvalue weighted by atomic mass is 36.0. The van der Waals surface area contributed by atoms with Gasteiger partial charge < -0.3 is 31.7 Å². The zero-order valence-electron chi connectivity index (χ0n) is 54.2. The van der Waals surface area contributed by atoms with Crippen LogP contribution in [0.5, 0.6) is 11.5 Å². The lowest BCUT2D eigenvalue weighted by Gasteiger charge is -2.27. The van der Waals surface area contributed by atoms with Crippen LogP contribution in [-0.2, 0) is 101 Å². The second-order valence-electron chi connectivity index (χ2n) is 18.4. The van der Waals surface area contributed by atoms with Crippen LogP contribution in [0, 0.1) is 38.1 Å². The van der Waals surface area contributed by atoms with Crippen molar-refractivity contribution in [1.82, 2.24) is 4.67 Å². The van der Waals surface area contributed by atoms with E-state index in [2.05, 4.69) is 67.3 Å². The number of halogens is 8. The summed E-state index contributed by atoms with van der Waals surface area (Å²) >= 11 is 24.2. The monoisotopic (exact) mass is 1610 g/mol. The molecule has 2 aromatic rings. The molecule has 0 saturated heterocycles. The minimum absolute atomic E-state index is 0.0107. The molecule has 0 radical (unpaired) electrons. The summed E-state index contributed by atoms with van der Waals surface area (Å²) in [7, 11) is -1.24. The standard InChI is InChI=1S/C10H14NO5PS.C8H10NO5PS.2C7H16FO2P.C5H11N2O2P.C4H10ClO3P.C4H10FO2P.CCl2O.Cl2OS/c1-3-14-17(18,15-4-2)16-10-7-5-9(6-8-10)11(12)13;1-12-15(16,13-2)14-8-5-3-7(4-6-8)9(10)11;1-6(7(2,3)4)10-11(5,8)9;1-6(2)5-11(8,9)10-7(3)4;1-5-9-10(8,6-2)7(3)4;1-3-7-9(5,6)8-4-2;1-4(2)7-8(3,5)6;2-1(3)4;1-4(2)3/h5-8H,3-4H2,1-2H3;3-6H,1-2H3;6H,1-5H3;6-7H,5H2,1-4H3;5H2,1,3-4H3;3-4H2,1-2H3;4H,1-3H3;;. The normalized spacial score (nSPS) is 14.1. The molecule has 27 nitrogen and oxygen atoms in total. The number of benzene rings is 2. The van der Waals surface area contributed by atoms with Crippen molar-refractivity contribution in [3.63, 3.8) is 0 Å². The van der Waals surface area contributed by atoms with E-state index in [1.807, 2.05) is 34.6 Å². The third-order valence-corrected chi connectivity index (χ3v) is 19.8. The zero-order chi connectivity index (χ0) is 73.6. The molecule has 0 spiro atoms. The first kappa shape index (κ1) is 104. The minimum atomic E-state index is -3.82. The van der Waals surface area contributed by atoms with Crippen LogP contribution in [0.4, 0.5) is 28.8 Å². The van der Waals surface area contributed by atoms with Crippen LogP contribution in [0.25, 0.3) is 4.62 Å². The van der Waals surface area contributed by atoms with Gasteiger partial charge in [-0.1, -0.05) is 34.6 Å². The molecule has 0 N–H and O–H groups in total. The van der Waals surface area contributed by atoms with Gasteiger partial charge in [-0.05, 0) is 128 Å². The second-order valence-corrected chi connectivity index (χ2v) is 37.9. The molecule has 2 rings (SSSR count). The number of hydrogen-bond donors (Lipinski definition) is 0. The fourth-order valence-corrected chi connectivity index (χ4v) is 12.8. The Kier molecular flexibility index (Phi) is 62.0. The predicted molar refractivity (Wildman–Crippen MR) is 367 cm³/mol. The van der Waals surface area contributed by atoms with Crippen molar-refractivity contribution < 1.29 is 109 Å². The second kappa shape index (κ2) is 54.3. The zero-order valence-corrected chi connectivity index (χ0v) is 66.7. The molecule has 0 heterocycles. The summed E-state index contributed by atoms with van der Waals surface area (Å²) in [4.78, 5) is 28.9. The maximum absolute atomic E-state index is 12.9. The number of rotatable bonds is 27. The first-order chi connectivity index (χ1) is 41.0. The van der Waals surface area contributed by atoms with Gasteiger partial charge >= 0.3 is 55.8 Å². The first-order valence-corrected chi connectivity index (χ1v) is 44.2. The topological polar surface area (TPSA) is 324 Å². The van der Waals surface area contributed by atoms with Crippen LogP contribution in [0.1, 0.15) is 104 Å². The number of hydrogen-bond acceptors (Lipinski definition) is 25. The van der Waals surface area contributed by atoms with Gasteiger partial charge in [0.25, 0.3) is 11.4 Å². The Morgan fingerprint density at radius 3 is 1.12 bits per heavy atom. The van der Waals surface area contributed by atoms with E-state index < -0.39 is 74.9 Å². The summed E-state index contributed by atoms with van der Waals surface area (Å²) in [5, 5.41) is 20.9. The summed E-state index contributed by atoms with van der Waals surface area (Å²) in [5.74, 6) is 0.841. The average molecular weight is 1610 g/mol. The van der Waals surface area contributed by atoms with E-state index in [0.717, 1.165) is 13.3 Å². The van der Waals surface area contributed by atoms with Crippen molar-refractivity contribution in [1.29, 1.82) is 0 Å². The van der Waals surface area contributed by atoms with Crippen molar-refractivity contribution in [2.75, 3.05) is 80.8 Å². The molecule has 2 aromatic carbocycles. The third-order valence-electron chi connectivity index (χ3n) is 7.96. The van der Waals surface area contributed by atoms with Gasteiger partial charge in [-0.15, -0.1) is 0 Å². The van der Waals surface area contributed by atoms with E-state index >= 15 is 0 Å². The van der Waals surface area contributed by atoms with Gasteiger partial charge in [0.1, 0.15) is 11.5 Å². The Hall–Kier alpha value is -0.600. The highest BCUT2D eigenvalue weighted by molar-refractivity contribution is 8.26. The van der Waals surface area contributed by atoms with Crippen molar-refractivity contribution in [2.45, 2.75) is 122 Å². The Labute approximate surface area is 571 Å². The quantitative estimate of drug-likeness (QED) is 0.0264. The van der Waals surface area contributed by atoms with E-state index in [4.69, 9.17) is 86.6 Å². The number of carbonyl (C=O) groups excluding carboxylic acids is 1. The Balaban J connectivity index is -0.000000180. The maximum atomic E-state index is 12.9. The fraction of sp³-hybridized carbons (Fsp3) is 0.696. The molecular formula is C46H87Cl5F3N4O23P7S3. The molecule has 0 aromatic heterocycles. The van der Waals surface area contributed by atoms with Gasteiger partial charge in [0, 0.05) is 122 Å². The molecule has 0 fully saturated rings. The number of nitro groups is 2. The van der Waals surface area contributed by atoms with E-state index in [1.165, 1.54) is 67.4 Å². The van der Waals surface area contributed by atoms with Crippen molar-refractivity contribution >= 4 is 156 Å². The number of nitrogens with zero attached hydrogens (tertiary/aromatic N) is 4. The SMILES string of the molecule is CC(C)CP(=O)(F)OC(C)C.CC(C)OP(C)(=O)F.CC(OP(C)(=O)F)C(C)(C)C.CCOP(=O)(Cl)OCC.CCOP(=S)(OCC)Oc1ccc([N+](=O)[O-])cc1.COP(=S)(OC)Oc1ccc([N+](=O)[O-])cc1.O=C(Cl)Cl.O=S(Cl)Cl.[C-]#[N+]P(=O)(OCC)N(C)C. The van der Waals surface area contributed by atoms with Crippen molar-refractivity contribution in [3.8, 4) is 11.5 Å². The highest BCUT2D eigenvalue weighted by Gasteiger charge is 2.34. The van der Waals surface area contributed by atoms with E-state index in [0.29, 0.717) is 44.5 Å². The summed E-state index contributed by atoms with van der Waals surface area (Å²) < 4.78 is 162.